The van der Waals surface area contributed by atoms with Gasteiger partial charge in [0, 0.05) is 24.1 Å². The Morgan fingerprint density at radius 2 is 1.90 bits per heavy atom. The van der Waals surface area contributed by atoms with Crippen molar-refractivity contribution in [1.82, 2.24) is 4.98 Å². The summed E-state index contributed by atoms with van der Waals surface area (Å²) >= 11 is 0. The van der Waals surface area contributed by atoms with Crippen LogP contribution in [0.5, 0.6) is 0 Å². The minimum absolute atomic E-state index is 0.267. The first kappa shape index (κ1) is 14.8. The molecule has 0 unspecified atom stereocenters. The van der Waals surface area contributed by atoms with Gasteiger partial charge in [0.1, 0.15) is 11.4 Å². The van der Waals surface area contributed by atoms with E-state index < -0.39 is 28.9 Å². The second-order valence-corrected chi connectivity index (χ2v) is 4.07. The Hall–Kier alpha value is -2.64. The number of aromatic amines is 1. The second kappa shape index (κ2) is 5.39. The van der Waals surface area contributed by atoms with Crippen molar-refractivity contribution in [3.8, 4) is 0 Å². The first-order valence-electron chi connectivity index (χ1n) is 5.64. The highest BCUT2D eigenvalue weighted by Crippen LogP contribution is 2.33. The van der Waals surface area contributed by atoms with Gasteiger partial charge in [0.2, 0.25) is 0 Å². The number of hydrogen-bond acceptors (Lipinski definition) is 2. The number of aromatic nitrogens is 1. The number of rotatable bonds is 2. The zero-order chi connectivity index (χ0) is 15.6. The standard InChI is InChI=1S/C13H8F4N2O2/c14-10-2-1-7(5-9(10)13(15,16)17)19-12(21)8-6-18-4-3-11(8)20/h1-6H,(H,18,20)(H,19,21). The van der Waals surface area contributed by atoms with Gasteiger partial charge in [-0.15, -0.1) is 0 Å². The lowest BCUT2D eigenvalue weighted by Gasteiger charge is -2.10. The molecule has 0 fully saturated rings. The molecule has 0 spiro atoms. The van der Waals surface area contributed by atoms with Crippen LogP contribution in [0.3, 0.4) is 0 Å². The number of H-pyrrole nitrogens is 1. The fourth-order valence-corrected chi connectivity index (χ4v) is 1.61. The van der Waals surface area contributed by atoms with Crippen molar-refractivity contribution in [1.29, 1.82) is 0 Å². The molecular weight excluding hydrogens is 292 g/mol. The predicted molar refractivity (Wildman–Crippen MR) is 66.4 cm³/mol. The fraction of sp³-hybridized carbons (Fsp3) is 0.0769. The molecule has 1 heterocycles. The number of benzene rings is 1. The Balaban J connectivity index is 2.31. The summed E-state index contributed by atoms with van der Waals surface area (Å²) in [5.41, 5.74) is -2.63. The number of alkyl halides is 3. The molecule has 2 N–H and O–H groups in total. The van der Waals surface area contributed by atoms with E-state index in [1.807, 2.05) is 0 Å². The molecule has 0 aliphatic rings. The molecule has 0 saturated heterocycles. The molecule has 0 aliphatic heterocycles. The van der Waals surface area contributed by atoms with E-state index in [-0.39, 0.29) is 11.3 Å². The number of hydrogen-bond donors (Lipinski definition) is 2. The van der Waals surface area contributed by atoms with Crippen LogP contribution < -0.4 is 10.7 Å². The van der Waals surface area contributed by atoms with Gasteiger partial charge in [-0.05, 0) is 18.2 Å². The van der Waals surface area contributed by atoms with Crippen molar-refractivity contribution in [2.24, 2.45) is 0 Å². The SMILES string of the molecule is O=C(Nc1ccc(F)c(C(F)(F)F)c1)c1c[nH]ccc1=O. The van der Waals surface area contributed by atoms with Crippen LogP contribution in [0.2, 0.25) is 0 Å². The van der Waals surface area contributed by atoms with Crippen molar-refractivity contribution >= 4 is 11.6 Å². The summed E-state index contributed by atoms with van der Waals surface area (Å²) in [6.07, 6.45) is -2.46. The fourth-order valence-electron chi connectivity index (χ4n) is 1.61. The van der Waals surface area contributed by atoms with E-state index in [2.05, 4.69) is 10.3 Å². The summed E-state index contributed by atoms with van der Waals surface area (Å²) in [6.45, 7) is 0. The maximum absolute atomic E-state index is 13.1. The third kappa shape index (κ3) is 3.28. The summed E-state index contributed by atoms with van der Waals surface area (Å²) in [6, 6.07) is 3.12. The number of halogens is 4. The van der Waals surface area contributed by atoms with Crippen molar-refractivity contribution < 1.29 is 22.4 Å². The lowest BCUT2D eigenvalue weighted by atomic mass is 10.1. The van der Waals surface area contributed by atoms with Crippen LogP contribution in [0.15, 0.2) is 41.5 Å². The lowest BCUT2D eigenvalue weighted by Crippen LogP contribution is -2.21. The van der Waals surface area contributed by atoms with Crippen LogP contribution in [-0.2, 0) is 6.18 Å². The lowest BCUT2D eigenvalue weighted by molar-refractivity contribution is -0.139. The number of anilines is 1. The number of pyridine rings is 1. The zero-order valence-corrected chi connectivity index (χ0v) is 10.3. The molecule has 0 radical (unpaired) electrons. The molecule has 0 saturated carbocycles. The van der Waals surface area contributed by atoms with E-state index in [1.165, 1.54) is 6.20 Å². The quantitative estimate of drug-likeness (QED) is 0.838. The van der Waals surface area contributed by atoms with Crippen LogP contribution in [0, 0.1) is 5.82 Å². The van der Waals surface area contributed by atoms with Gasteiger partial charge in [-0.1, -0.05) is 0 Å². The van der Waals surface area contributed by atoms with Gasteiger partial charge in [-0.2, -0.15) is 13.2 Å². The van der Waals surface area contributed by atoms with Gasteiger partial charge in [-0.3, -0.25) is 9.59 Å². The normalized spacial score (nSPS) is 11.2. The molecule has 21 heavy (non-hydrogen) atoms. The predicted octanol–water partition coefficient (Wildman–Crippen LogP) is 2.79. The van der Waals surface area contributed by atoms with Crippen LogP contribution in [0.25, 0.3) is 0 Å². The molecule has 1 aromatic heterocycles. The average molecular weight is 300 g/mol. The third-order valence-corrected chi connectivity index (χ3v) is 2.60. The number of carbonyl (C=O) groups excluding carboxylic acids is 1. The van der Waals surface area contributed by atoms with E-state index in [9.17, 15) is 27.2 Å². The molecule has 1 aromatic carbocycles. The highest BCUT2D eigenvalue weighted by atomic mass is 19.4. The maximum atomic E-state index is 13.1. The Labute approximate surface area is 115 Å². The van der Waals surface area contributed by atoms with Gasteiger partial charge in [0.05, 0.1) is 5.56 Å². The van der Waals surface area contributed by atoms with E-state index in [0.29, 0.717) is 12.1 Å². The minimum Gasteiger partial charge on any atom is -0.367 e. The maximum Gasteiger partial charge on any atom is 0.419 e. The summed E-state index contributed by atoms with van der Waals surface area (Å²) < 4.78 is 50.7. The summed E-state index contributed by atoms with van der Waals surface area (Å²) in [5, 5.41) is 2.11. The monoisotopic (exact) mass is 300 g/mol. The Morgan fingerprint density at radius 3 is 2.52 bits per heavy atom. The van der Waals surface area contributed by atoms with E-state index in [0.717, 1.165) is 18.3 Å². The van der Waals surface area contributed by atoms with E-state index in [4.69, 9.17) is 0 Å². The van der Waals surface area contributed by atoms with Gasteiger partial charge in [-0.25, -0.2) is 4.39 Å². The highest BCUT2D eigenvalue weighted by molar-refractivity contribution is 6.03. The van der Waals surface area contributed by atoms with Gasteiger partial charge >= 0.3 is 6.18 Å². The molecule has 8 heteroatoms. The largest absolute Gasteiger partial charge is 0.419 e. The molecule has 4 nitrogen and oxygen atoms in total. The molecule has 2 rings (SSSR count). The van der Waals surface area contributed by atoms with Crippen molar-refractivity contribution in [3.63, 3.8) is 0 Å². The molecule has 1 amide bonds. The number of nitrogens with one attached hydrogen (secondary N) is 2. The molecule has 110 valence electrons. The Bertz CT molecular complexity index is 737. The molecule has 0 bridgehead atoms. The highest BCUT2D eigenvalue weighted by Gasteiger charge is 2.34. The third-order valence-electron chi connectivity index (χ3n) is 2.60. The number of carbonyl (C=O) groups is 1. The van der Waals surface area contributed by atoms with Crippen LogP contribution in [-0.4, -0.2) is 10.9 Å². The van der Waals surface area contributed by atoms with E-state index >= 15 is 0 Å². The smallest absolute Gasteiger partial charge is 0.367 e. The topological polar surface area (TPSA) is 62.0 Å². The van der Waals surface area contributed by atoms with E-state index in [1.54, 1.807) is 0 Å². The average Bonchev–Trinajstić information content (AvgIpc) is 2.40. The van der Waals surface area contributed by atoms with Crippen molar-refractivity contribution in [2.75, 3.05) is 5.32 Å². The van der Waals surface area contributed by atoms with Gasteiger partial charge in [0.15, 0.2) is 5.43 Å². The first-order chi connectivity index (χ1) is 9.79. The summed E-state index contributed by atoms with van der Waals surface area (Å²) in [5.74, 6) is -2.34. The Morgan fingerprint density at radius 1 is 1.19 bits per heavy atom. The zero-order valence-electron chi connectivity index (χ0n) is 10.3. The molecule has 2 aromatic rings. The summed E-state index contributed by atoms with van der Waals surface area (Å²) in [7, 11) is 0. The van der Waals surface area contributed by atoms with Crippen molar-refractivity contribution in [2.45, 2.75) is 6.18 Å². The molecule has 0 atom stereocenters. The van der Waals surface area contributed by atoms with Crippen LogP contribution in [0.1, 0.15) is 15.9 Å². The van der Waals surface area contributed by atoms with Crippen LogP contribution >= 0.6 is 0 Å². The second-order valence-electron chi connectivity index (χ2n) is 4.07. The van der Waals surface area contributed by atoms with Crippen LogP contribution in [0.4, 0.5) is 23.2 Å². The first-order valence-corrected chi connectivity index (χ1v) is 5.64. The minimum atomic E-state index is -4.88. The Kier molecular flexibility index (Phi) is 3.79. The summed E-state index contributed by atoms with van der Waals surface area (Å²) in [4.78, 5) is 25.7. The van der Waals surface area contributed by atoms with Gasteiger partial charge < -0.3 is 10.3 Å². The molecule has 0 aliphatic carbocycles. The molecular formula is C13H8F4N2O2. The van der Waals surface area contributed by atoms with Crippen molar-refractivity contribution in [3.05, 3.63) is 63.8 Å². The number of amides is 1. The van der Waals surface area contributed by atoms with Gasteiger partial charge in [0.25, 0.3) is 5.91 Å².